The van der Waals surface area contributed by atoms with Crippen LogP contribution in [0.15, 0.2) is 48.5 Å². The summed E-state index contributed by atoms with van der Waals surface area (Å²) in [6.45, 7) is 0.799. The molecule has 5 rings (SSSR count). The molecule has 6 nitrogen and oxygen atoms in total. The molecule has 24 heavy (non-hydrogen) atoms. The van der Waals surface area contributed by atoms with Gasteiger partial charge >= 0.3 is 0 Å². The number of amides is 2. The molecule has 0 N–H and O–H groups in total. The van der Waals surface area contributed by atoms with Gasteiger partial charge in [-0.2, -0.15) is 4.98 Å². The second kappa shape index (κ2) is 4.67. The Morgan fingerprint density at radius 2 is 1.67 bits per heavy atom. The number of aromatic nitrogens is 2. The third-order valence-corrected chi connectivity index (χ3v) is 4.54. The van der Waals surface area contributed by atoms with Crippen LogP contribution in [0.25, 0.3) is 11.0 Å². The molecule has 0 saturated heterocycles. The van der Waals surface area contributed by atoms with E-state index in [1.54, 1.807) is 24.3 Å². The summed E-state index contributed by atoms with van der Waals surface area (Å²) in [6, 6.07) is 15.2. The van der Waals surface area contributed by atoms with E-state index in [0.717, 1.165) is 11.0 Å². The summed E-state index contributed by atoms with van der Waals surface area (Å²) in [5.41, 5.74) is 2.80. The molecule has 2 aliphatic heterocycles. The van der Waals surface area contributed by atoms with E-state index in [4.69, 9.17) is 4.74 Å². The number of hydrogen-bond donors (Lipinski definition) is 0. The lowest BCUT2D eigenvalue weighted by molar-refractivity contribution is 0.0584. The lowest BCUT2D eigenvalue weighted by atomic mass is 10.1. The van der Waals surface area contributed by atoms with Gasteiger partial charge in [0.05, 0.1) is 35.2 Å². The predicted octanol–water partition coefficient (Wildman–Crippen LogP) is 2.09. The van der Waals surface area contributed by atoms with Crippen molar-refractivity contribution in [2.24, 2.45) is 0 Å². The predicted molar refractivity (Wildman–Crippen MR) is 86.0 cm³/mol. The van der Waals surface area contributed by atoms with Gasteiger partial charge in [-0.1, -0.05) is 24.3 Å². The van der Waals surface area contributed by atoms with Gasteiger partial charge in [0.15, 0.2) is 0 Å². The van der Waals surface area contributed by atoms with Crippen LogP contribution in [0, 0.1) is 0 Å². The van der Waals surface area contributed by atoms with Crippen LogP contribution in [0.5, 0.6) is 6.01 Å². The molecule has 2 aromatic carbocycles. The van der Waals surface area contributed by atoms with Gasteiger partial charge < -0.3 is 4.74 Å². The number of benzene rings is 2. The summed E-state index contributed by atoms with van der Waals surface area (Å²) in [6.07, 6.45) is -0.278. The van der Waals surface area contributed by atoms with Gasteiger partial charge in [0.25, 0.3) is 17.8 Å². The zero-order chi connectivity index (χ0) is 16.3. The molecule has 3 heterocycles. The lowest BCUT2D eigenvalue weighted by Crippen LogP contribution is -2.39. The first-order chi connectivity index (χ1) is 11.7. The van der Waals surface area contributed by atoms with Crippen molar-refractivity contribution in [1.29, 1.82) is 0 Å². The Kier molecular flexibility index (Phi) is 2.59. The molecule has 2 amide bonds. The van der Waals surface area contributed by atoms with Gasteiger partial charge in [-0.3, -0.25) is 19.1 Å². The standard InChI is InChI=1S/C18H13N3O3/c22-16-12-5-1-2-6-13(12)17(23)21(16)10-11-9-20-15-8-4-3-7-14(15)19-18(20)24-11/h1-8,11H,9-10H2. The van der Waals surface area contributed by atoms with Crippen LogP contribution in [0.4, 0.5) is 0 Å². The quantitative estimate of drug-likeness (QED) is 0.679. The first-order valence-corrected chi connectivity index (χ1v) is 7.79. The molecule has 0 aliphatic carbocycles. The number of para-hydroxylation sites is 2. The maximum absolute atomic E-state index is 12.4. The minimum Gasteiger partial charge on any atom is -0.458 e. The monoisotopic (exact) mass is 319 g/mol. The van der Waals surface area contributed by atoms with Gasteiger partial charge in [0.1, 0.15) is 6.10 Å². The number of carbonyl (C=O) groups excluding carboxylic acids is 2. The second-order valence-electron chi connectivity index (χ2n) is 6.00. The van der Waals surface area contributed by atoms with E-state index < -0.39 is 0 Å². The minimum atomic E-state index is -0.278. The lowest BCUT2D eigenvalue weighted by Gasteiger charge is -2.17. The van der Waals surface area contributed by atoms with Gasteiger partial charge in [-0.15, -0.1) is 0 Å². The Balaban J connectivity index is 1.40. The highest BCUT2D eigenvalue weighted by Gasteiger charge is 2.38. The molecule has 3 aromatic rings. The van der Waals surface area contributed by atoms with E-state index in [2.05, 4.69) is 4.98 Å². The van der Waals surface area contributed by atoms with Crippen LogP contribution in [0.2, 0.25) is 0 Å². The third-order valence-electron chi connectivity index (χ3n) is 4.54. The summed E-state index contributed by atoms with van der Waals surface area (Å²) < 4.78 is 7.84. The Morgan fingerprint density at radius 3 is 2.42 bits per heavy atom. The molecule has 0 radical (unpaired) electrons. The molecule has 6 heteroatoms. The summed E-state index contributed by atoms with van der Waals surface area (Å²) in [5, 5.41) is 0. The average molecular weight is 319 g/mol. The van der Waals surface area contributed by atoms with Gasteiger partial charge in [-0.05, 0) is 24.3 Å². The fourth-order valence-electron chi connectivity index (χ4n) is 3.41. The number of ether oxygens (including phenoxy) is 1. The zero-order valence-corrected chi connectivity index (χ0v) is 12.7. The van der Waals surface area contributed by atoms with E-state index in [-0.39, 0.29) is 24.5 Å². The molecular weight excluding hydrogens is 306 g/mol. The van der Waals surface area contributed by atoms with Crippen molar-refractivity contribution >= 4 is 22.8 Å². The van der Waals surface area contributed by atoms with Crippen molar-refractivity contribution in [3.63, 3.8) is 0 Å². The molecule has 1 atom stereocenters. The molecule has 0 saturated carbocycles. The number of hydrogen-bond acceptors (Lipinski definition) is 4. The van der Waals surface area contributed by atoms with E-state index in [0.29, 0.717) is 23.7 Å². The van der Waals surface area contributed by atoms with Gasteiger partial charge in [0.2, 0.25) is 0 Å². The second-order valence-corrected chi connectivity index (χ2v) is 6.00. The zero-order valence-electron chi connectivity index (χ0n) is 12.7. The van der Waals surface area contributed by atoms with Gasteiger partial charge in [0, 0.05) is 0 Å². The third kappa shape index (κ3) is 1.73. The van der Waals surface area contributed by atoms with Crippen molar-refractivity contribution in [2.75, 3.05) is 6.54 Å². The van der Waals surface area contributed by atoms with Crippen LogP contribution < -0.4 is 4.74 Å². The highest BCUT2D eigenvalue weighted by molar-refractivity contribution is 6.21. The number of carbonyl (C=O) groups is 2. The van der Waals surface area contributed by atoms with Crippen molar-refractivity contribution in [2.45, 2.75) is 12.6 Å². The highest BCUT2D eigenvalue weighted by atomic mass is 16.5. The Hall–Kier alpha value is -3.15. The number of nitrogens with zero attached hydrogens (tertiary/aromatic N) is 3. The SMILES string of the molecule is O=C1c2ccccc2C(=O)N1CC1Cn2c(nc3ccccc32)O1. The molecule has 1 aromatic heterocycles. The normalized spacial score (nSPS) is 18.8. The Labute approximate surface area is 137 Å². The topological polar surface area (TPSA) is 64.4 Å². The molecule has 0 fully saturated rings. The maximum Gasteiger partial charge on any atom is 0.297 e. The largest absolute Gasteiger partial charge is 0.458 e. The fraction of sp³-hybridized carbons (Fsp3) is 0.167. The molecule has 2 aliphatic rings. The Bertz CT molecular complexity index is 973. The minimum absolute atomic E-state index is 0.226. The van der Waals surface area contributed by atoms with E-state index in [9.17, 15) is 9.59 Å². The average Bonchev–Trinajstić information content (AvgIpc) is 3.22. The number of imide groups is 1. The fourth-order valence-corrected chi connectivity index (χ4v) is 3.41. The van der Waals surface area contributed by atoms with Gasteiger partial charge in [-0.25, -0.2) is 0 Å². The van der Waals surface area contributed by atoms with Crippen LogP contribution in [-0.4, -0.2) is 38.9 Å². The molecule has 118 valence electrons. The van der Waals surface area contributed by atoms with Crippen LogP contribution in [-0.2, 0) is 6.54 Å². The number of rotatable bonds is 2. The number of imidazole rings is 1. The first kappa shape index (κ1) is 13.3. The van der Waals surface area contributed by atoms with Crippen LogP contribution >= 0.6 is 0 Å². The smallest absolute Gasteiger partial charge is 0.297 e. The summed E-state index contributed by atoms with van der Waals surface area (Å²) >= 11 is 0. The van der Waals surface area contributed by atoms with E-state index in [1.807, 2.05) is 28.8 Å². The maximum atomic E-state index is 12.4. The summed E-state index contributed by atoms with van der Waals surface area (Å²) in [5.74, 6) is -0.512. The van der Waals surface area contributed by atoms with Crippen molar-refractivity contribution in [3.8, 4) is 6.01 Å². The van der Waals surface area contributed by atoms with Crippen LogP contribution in [0.1, 0.15) is 20.7 Å². The Morgan fingerprint density at radius 1 is 1.00 bits per heavy atom. The first-order valence-electron chi connectivity index (χ1n) is 7.79. The van der Waals surface area contributed by atoms with Crippen LogP contribution in [0.3, 0.4) is 0 Å². The van der Waals surface area contributed by atoms with E-state index >= 15 is 0 Å². The molecule has 0 spiro atoms. The number of fused-ring (bicyclic) bond motifs is 4. The molecule has 0 bridgehead atoms. The summed E-state index contributed by atoms with van der Waals surface area (Å²) in [4.78, 5) is 30.6. The van der Waals surface area contributed by atoms with E-state index in [1.165, 1.54) is 4.90 Å². The highest BCUT2D eigenvalue weighted by Crippen LogP contribution is 2.29. The van der Waals surface area contributed by atoms with Crippen molar-refractivity contribution in [3.05, 3.63) is 59.7 Å². The van der Waals surface area contributed by atoms with Crippen molar-refractivity contribution in [1.82, 2.24) is 14.5 Å². The van der Waals surface area contributed by atoms with Crippen molar-refractivity contribution < 1.29 is 14.3 Å². The molecular formula is C18H13N3O3. The molecule has 1 unspecified atom stereocenters. The summed E-state index contributed by atoms with van der Waals surface area (Å²) in [7, 11) is 0.